The Balaban J connectivity index is 1.22. The van der Waals surface area contributed by atoms with E-state index in [1.165, 1.54) is 6.20 Å². The number of morpholine rings is 1. The van der Waals surface area contributed by atoms with Crippen molar-refractivity contribution in [3.8, 4) is 6.01 Å². The van der Waals surface area contributed by atoms with Gasteiger partial charge in [0.2, 0.25) is 0 Å². The maximum Gasteiger partial charge on any atom is 0.414 e. The molecule has 3 heterocycles. The Hall–Kier alpha value is -3.02. The van der Waals surface area contributed by atoms with E-state index < -0.39 is 4.92 Å². The van der Waals surface area contributed by atoms with Gasteiger partial charge < -0.3 is 24.9 Å². The fourth-order valence-electron chi connectivity index (χ4n) is 3.99. The Morgan fingerprint density at radius 1 is 1.06 bits per heavy atom. The van der Waals surface area contributed by atoms with E-state index in [-0.39, 0.29) is 11.7 Å². The quantitative estimate of drug-likeness (QED) is 0.356. The van der Waals surface area contributed by atoms with Gasteiger partial charge in [0.1, 0.15) is 12.8 Å². The lowest BCUT2D eigenvalue weighted by Crippen LogP contribution is -2.38. The summed E-state index contributed by atoms with van der Waals surface area (Å²) in [6.07, 6.45) is 2.33. The van der Waals surface area contributed by atoms with Gasteiger partial charge in [-0.15, -0.1) is 0 Å². The van der Waals surface area contributed by atoms with Crippen molar-refractivity contribution >= 4 is 11.7 Å². The van der Waals surface area contributed by atoms with E-state index in [0.717, 1.165) is 51.4 Å². The molecule has 33 heavy (non-hydrogen) atoms. The van der Waals surface area contributed by atoms with Gasteiger partial charge in [-0.2, -0.15) is 0 Å². The third-order valence-electron chi connectivity index (χ3n) is 5.87. The van der Waals surface area contributed by atoms with Crippen LogP contribution in [0, 0.1) is 10.1 Å². The molecule has 1 fully saturated rings. The summed E-state index contributed by atoms with van der Waals surface area (Å²) in [6.45, 7) is 8.19. The largest absolute Gasteiger partial charge is 0.444 e. The number of ether oxygens (including phenoxy) is 2. The normalized spacial score (nSPS) is 17.5. The monoisotopic (exact) mass is 458 g/mol. The van der Waals surface area contributed by atoms with Crippen LogP contribution in [-0.4, -0.2) is 89.3 Å². The van der Waals surface area contributed by atoms with Crippen LogP contribution in [0.3, 0.4) is 0 Å². The van der Waals surface area contributed by atoms with Crippen LogP contribution in [0.25, 0.3) is 0 Å². The van der Waals surface area contributed by atoms with Gasteiger partial charge in [-0.1, -0.05) is 12.1 Å². The average molecular weight is 459 g/mol. The predicted molar refractivity (Wildman–Crippen MR) is 120 cm³/mol. The molecule has 1 aromatic heterocycles. The first-order chi connectivity index (χ1) is 16.1. The van der Waals surface area contributed by atoms with E-state index in [1.54, 1.807) is 4.57 Å². The third kappa shape index (κ3) is 6.50. The van der Waals surface area contributed by atoms with Crippen LogP contribution in [0.5, 0.6) is 6.01 Å². The molecule has 2 aliphatic heterocycles. The first kappa shape index (κ1) is 23.1. The molecule has 11 heteroatoms. The number of fused-ring (bicyclic) bond motifs is 1. The summed E-state index contributed by atoms with van der Waals surface area (Å²) < 4.78 is 12.6. The van der Waals surface area contributed by atoms with Crippen molar-refractivity contribution in [2.45, 2.75) is 19.5 Å². The van der Waals surface area contributed by atoms with Crippen molar-refractivity contribution in [2.75, 3.05) is 59.1 Å². The fraction of sp³-hybridized carbons (Fsp3) is 0.545. The summed E-state index contributed by atoms with van der Waals surface area (Å²) in [6, 6.07) is 7.93. The predicted octanol–water partition coefficient (Wildman–Crippen LogP) is 1.14. The number of hydrogen-bond acceptors (Lipinski definition) is 8. The number of aromatic nitrogens is 2. The smallest absolute Gasteiger partial charge is 0.414 e. The molecule has 1 N–H and O–H groups in total. The molecule has 1 aromatic carbocycles. The lowest BCUT2D eigenvalue weighted by atomic mass is 10.1. The van der Waals surface area contributed by atoms with E-state index >= 15 is 0 Å². The highest BCUT2D eigenvalue weighted by molar-refractivity contribution is 5.94. The van der Waals surface area contributed by atoms with Crippen LogP contribution in [0.15, 0.2) is 30.5 Å². The van der Waals surface area contributed by atoms with Crippen LogP contribution >= 0.6 is 0 Å². The highest BCUT2D eigenvalue weighted by Crippen LogP contribution is 2.19. The van der Waals surface area contributed by atoms with Crippen LogP contribution in [-0.2, 0) is 17.8 Å². The van der Waals surface area contributed by atoms with Crippen LogP contribution < -0.4 is 10.1 Å². The van der Waals surface area contributed by atoms with Crippen LogP contribution in [0.4, 0.5) is 5.82 Å². The number of amides is 1. The summed E-state index contributed by atoms with van der Waals surface area (Å²) in [7, 11) is 0. The van der Waals surface area contributed by atoms with Crippen LogP contribution in [0.1, 0.15) is 22.3 Å². The lowest BCUT2D eigenvalue weighted by Gasteiger charge is -2.26. The molecule has 0 saturated carbocycles. The number of imidazole rings is 1. The van der Waals surface area contributed by atoms with Gasteiger partial charge in [-0.3, -0.25) is 19.2 Å². The van der Waals surface area contributed by atoms with Gasteiger partial charge in [0, 0.05) is 56.4 Å². The summed E-state index contributed by atoms with van der Waals surface area (Å²) in [5, 5.41) is 13.9. The number of benzene rings is 1. The van der Waals surface area contributed by atoms with Gasteiger partial charge in [0.25, 0.3) is 5.91 Å². The number of nitrogens with one attached hydrogen (secondary N) is 1. The summed E-state index contributed by atoms with van der Waals surface area (Å²) >= 11 is 0. The number of rotatable bonds is 8. The van der Waals surface area contributed by atoms with Gasteiger partial charge in [0.15, 0.2) is 0 Å². The Morgan fingerprint density at radius 2 is 1.82 bits per heavy atom. The van der Waals surface area contributed by atoms with Gasteiger partial charge >= 0.3 is 11.8 Å². The zero-order valence-electron chi connectivity index (χ0n) is 18.6. The molecule has 2 aromatic rings. The van der Waals surface area contributed by atoms with E-state index in [2.05, 4.69) is 20.1 Å². The summed E-state index contributed by atoms with van der Waals surface area (Å²) in [5.74, 6) is -0.258. The Kier molecular flexibility index (Phi) is 7.87. The van der Waals surface area contributed by atoms with E-state index in [9.17, 15) is 14.9 Å². The minimum Gasteiger partial charge on any atom is -0.444 e. The molecule has 0 spiro atoms. The molecule has 0 radical (unpaired) electrons. The van der Waals surface area contributed by atoms with E-state index in [1.807, 2.05) is 24.3 Å². The molecule has 0 bridgehead atoms. The first-order valence-corrected chi connectivity index (χ1v) is 11.3. The Morgan fingerprint density at radius 3 is 2.58 bits per heavy atom. The summed E-state index contributed by atoms with van der Waals surface area (Å²) in [5.41, 5.74) is 1.74. The second kappa shape index (κ2) is 11.2. The molecular formula is C22H30N6O5. The molecule has 178 valence electrons. The number of nitrogens with zero attached hydrogens (tertiary/aromatic N) is 5. The molecule has 0 unspecified atom stereocenters. The zero-order valence-corrected chi connectivity index (χ0v) is 18.6. The van der Waals surface area contributed by atoms with Crippen molar-refractivity contribution in [1.29, 1.82) is 0 Å². The first-order valence-electron chi connectivity index (χ1n) is 11.3. The van der Waals surface area contributed by atoms with Gasteiger partial charge in [0.05, 0.1) is 13.2 Å². The second-order valence-electron chi connectivity index (χ2n) is 8.22. The van der Waals surface area contributed by atoms with Crippen LogP contribution in [0.2, 0.25) is 0 Å². The van der Waals surface area contributed by atoms with Crippen molar-refractivity contribution in [2.24, 2.45) is 0 Å². The van der Waals surface area contributed by atoms with Crippen molar-refractivity contribution < 1.29 is 19.2 Å². The number of nitro groups is 1. The topological polar surface area (TPSA) is 115 Å². The molecule has 0 aliphatic carbocycles. The number of carbonyl (C=O) groups is 1. The third-order valence-corrected chi connectivity index (χ3v) is 5.87. The molecule has 11 nitrogen and oxygen atoms in total. The molecule has 4 rings (SSSR count). The maximum atomic E-state index is 12.4. The Labute approximate surface area is 192 Å². The SMILES string of the molecule is O=C(NCCCN1CCOCC1)c1ccc(CN2CCOc3nc([N+](=O)[O-])cn3CC2)cc1. The summed E-state index contributed by atoms with van der Waals surface area (Å²) in [4.78, 5) is 31.3. The highest BCUT2D eigenvalue weighted by Gasteiger charge is 2.23. The minimum absolute atomic E-state index is 0.0579. The highest BCUT2D eigenvalue weighted by atomic mass is 16.6. The molecule has 0 atom stereocenters. The number of carbonyl (C=O) groups excluding carboxylic acids is 1. The average Bonchev–Trinajstić information content (AvgIpc) is 3.22. The van der Waals surface area contributed by atoms with Gasteiger partial charge in [-0.25, -0.2) is 0 Å². The standard InChI is InChI=1S/C22H30N6O5/c29-21(23-6-1-7-25-10-13-32-14-11-25)19-4-2-18(3-5-19)16-26-8-9-27-17-20(28(30)31)24-22(27)33-15-12-26/h2-5,17H,1,6-16H2,(H,23,29). The van der Waals surface area contributed by atoms with Crippen molar-refractivity contribution in [3.63, 3.8) is 0 Å². The van der Waals surface area contributed by atoms with Gasteiger partial charge in [-0.05, 0) is 35.6 Å². The van der Waals surface area contributed by atoms with Crippen molar-refractivity contribution in [1.82, 2.24) is 24.7 Å². The number of hydrogen-bond donors (Lipinski definition) is 1. The van der Waals surface area contributed by atoms with E-state index in [0.29, 0.717) is 44.4 Å². The van der Waals surface area contributed by atoms with E-state index in [4.69, 9.17) is 9.47 Å². The maximum absolute atomic E-state index is 12.4. The minimum atomic E-state index is -0.513. The Bertz CT molecular complexity index is 941. The fourth-order valence-corrected chi connectivity index (χ4v) is 3.99. The zero-order chi connectivity index (χ0) is 23.0. The molecule has 1 saturated heterocycles. The molecule has 1 amide bonds. The lowest BCUT2D eigenvalue weighted by molar-refractivity contribution is -0.389. The van der Waals surface area contributed by atoms with Crippen molar-refractivity contribution in [3.05, 3.63) is 51.7 Å². The second-order valence-corrected chi connectivity index (χ2v) is 8.22. The molecular weight excluding hydrogens is 428 g/mol. The molecule has 2 aliphatic rings.